The molecular formula is C12H14BrNO. The molecule has 0 amide bonds. The first kappa shape index (κ1) is 12.1. The van der Waals surface area contributed by atoms with Gasteiger partial charge in [0, 0.05) is 13.0 Å². The van der Waals surface area contributed by atoms with Crippen LogP contribution < -0.4 is 5.32 Å². The lowest BCUT2D eigenvalue weighted by atomic mass is 10.2. The zero-order chi connectivity index (χ0) is 11.1. The molecule has 1 aromatic carbocycles. The van der Waals surface area contributed by atoms with E-state index in [0.29, 0.717) is 0 Å². The fraction of sp³-hybridized carbons (Fsp3) is 0.333. The normalized spacial score (nSPS) is 9.87. The van der Waals surface area contributed by atoms with E-state index in [1.165, 1.54) is 0 Å². The number of halogens is 1. The molecule has 0 radical (unpaired) electrons. The fourth-order valence-electron chi connectivity index (χ4n) is 1.21. The predicted octanol–water partition coefficient (Wildman–Crippen LogP) is 2.66. The topological polar surface area (TPSA) is 32.3 Å². The molecule has 0 aliphatic carbocycles. The van der Waals surface area contributed by atoms with E-state index < -0.39 is 0 Å². The lowest BCUT2D eigenvalue weighted by molar-refractivity contribution is 0.471. The number of terminal acetylenes is 1. The third-order valence-electron chi connectivity index (χ3n) is 2.02. The lowest BCUT2D eigenvalue weighted by Crippen LogP contribution is -2.14. The van der Waals surface area contributed by atoms with Crippen molar-refractivity contribution in [2.24, 2.45) is 0 Å². The standard InChI is InChI=1S/C12H14BrNO/c1-2-3-4-7-14-9-10-5-6-12(15)11(13)8-10/h1,5-6,8,14-15H,3-4,7,9H2. The van der Waals surface area contributed by atoms with Crippen LogP contribution in [0.3, 0.4) is 0 Å². The van der Waals surface area contributed by atoms with Gasteiger partial charge in [-0.1, -0.05) is 6.07 Å². The van der Waals surface area contributed by atoms with Gasteiger partial charge < -0.3 is 10.4 Å². The second kappa shape index (κ2) is 6.49. The molecule has 3 heteroatoms. The number of hydrogen-bond donors (Lipinski definition) is 2. The van der Waals surface area contributed by atoms with Gasteiger partial charge in [-0.05, 0) is 46.6 Å². The summed E-state index contributed by atoms with van der Waals surface area (Å²) in [6.45, 7) is 1.71. The van der Waals surface area contributed by atoms with E-state index in [9.17, 15) is 5.11 Å². The van der Waals surface area contributed by atoms with E-state index in [1.54, 1.807) is 6.07 Å². The van der Waals surface area contributed by atoms with E-state index >= 15 is 0 Å². The highest BCUT2D eigenvalue weighted by atomic mass is 79.9. The Balaban J connectivity index is 2.32. The average molecular weight is 268 g/mol. The molecule has 2 N–H and O–H groups in total. The van der Waals surface area contributed by atoms with Crippen LogP contribution in [0.4, 0.5) is 0 Å². The molecule has 0 unspecified atom stereocenters. The van der Waals surface area contributed by atoms with E-state index in [2.05, 4.69) is 27.2 Å². The SMILES string of the molecule is C#CCCCNCc1ccc(O)c(Br)c1. The Morgan fingerprint density at radius 1 is 1.47 bits per heavy atom. The van der Waals surface area contributed by atoms with Gasteiger partial charge in [-0.3, -0.25) is 0 Å². The molecular weight excluding hydrogens is 254 g/mol. The first-order valence-corrected chi connectivity index (χ1v) is 5.65. The highest BCUT2D eigenvalue weighted by molar-refractivity contribution is 9.10. The number of rotatable bonds is 5. The molecule has 0 saturated heterocycles. The predicted molar refractivity (Wildman–Crippen MR) is 65.6 cm³/mol. The Hall–Kier alpha value is -0.980. The second-order valence-corrected chi connectivity index (χ2v) is 4.12. The van der Waals surface area contributed by atoms with Gasteiger partial charge in [-0.15, -0.1) is 12.3 Å². The van der Waals surface area contributed by atoms with Gasteiger partial charge in [0.1, 0.15) is 5.75 Å². The summed E-state index contributed by atoms with van der Waals surface area (Å²) in [6.07, 6.45) is 6.95. The lowest BCUT2D eigenvalue weighted by Gasteiger charge is -2.05. The summed E-state index contributed by atoms with van der Waals surface area (Å²) >= 11 is 3.28. The molecule has 0 saturated carbocycles. The van der Waals surface area contributed by atoms with Crippen LogP contribution in [0.2, 0.25) is 0 Å². The van der Waals surface area contributed by atoms with Crippen LogP contribution in [-0.2, 0) is 6.54 Å². The van der Waals surface area contributed by atoms with Crippen LogP contribution >= 0.6 is 15.9 Å². The summed E-state index contributed by atoms with van der Waals surface area (Å²) in [5, 5.41) is 12.6. The molecule has 0 fully saturated rings. The smallest absolute Gasteiger partial charge is 0.129 e. The minimum atomic E-state index is 0.270. The van der Waals surface area contributed by atoms with Crippen molar-refractivity contribution in [2.45, 2.75) is 19.4 Å². The molecule has 0 aromatic heterocycles. The first-order chi connectivity index (χ1) is 7.24. The van der Waals surface area contributed by atoms with Crippen LogP contribution in [-0.4, -0.2) is 11.7 Å². The number of hydrogen-bond acceptors (Lipinski definition) is 2. The van der Waals surface area contributed by atoms with Gasteiger partial charge in [0.15, 0.2) is 0 Å². The van der Waals surface area contributed by atoms with Crippen LogP contribution in [0.15, 0.2) is 22.7 Å². The quantitative estimate of drug-likeness (QED) is 0.635. The third-order valence-corrected chi connectivity index (χ3v) is 2.65. The van der Waals surface area contributed by atoms with Gasteiger partial charge >= 0.3 is 0 Å². The number of nitrogens with one attached hydrogen (secondary N) is 1. The minimum absolute atomic E-state index is 0.270. The maximum atomic E-state index is 9.30. The van der Waals surface area contributed by atoms with Crippen molar-refractivity contribution >= 4 is 15.9 Å². The summed E-state index contributed by atoms with van der Waals surface area (Å²) in [5.41, 5.74) is 1.14. The van der Waals surface area contributed by atoms with Gasteiger partial charge in [0.2, 0.25) is 0 Å². The zero-order valence-electron chi connectivity index (χ0n) is 8.46. The summed E-state index contributed by atoms with van der Waals surface area (Å²) < 4.78 is 0.727. The molecule has 1 rings (SSSR count). The van der Waals surface area contributed by atoms with Crippen LogP contribution in [0.5, 0.6) is 5.75 Å². The van der Waals surface area contributed by atoms with Crippen molar-refractivity contribution in [1.29, 1.82) is 0 Å². The van der Waals surface area contributed by atoms with E-state index in [4.69, 9.17) is 6.42 Å². The molecule has 0 atom stereocenters. The molecule has 1 aromatic rings. The van der Waals surface area contributed by atoms with Gasteiger partial charge in [0.25, 0.3) is 0 Å². The Morgan fingerprint density at radius 2 is 2.27 bits per heavy atom. The minimum Gasteiger partial charge on any atom is -0.507 e. The Morgan fingerprint density at radius 3 is 2.93 bits per heavy atom. The van der Waals surface area contributed by atoms with Crippen molar-refractivity contribution in [3.63, 3.8) is 0 Å². The number of phenols is 1. The number of phenolic OH excluding ortho intramolecular Hbond substituents is 1. The molecule has 0 aliphatic heterocycles. The third kappa shape index (κ3) is 4.37. The monoisotopic (exact) mass is 267 g/mol. The van der Waals surface area contributed by atoms with E-state index in [-0.39, 0.29) is 5.75 Å². The molecule has 15 heavy (non-hydrogen) atoms. The van der Waals surface area contributed by atoms with Crippen LogP contribution in [0.25, 0.3) is 0 Å². The molecule has 0 heterocycles. The highest BCUT2D eigenvalue weighted by Crippen LogP contribution is 2.24. The Labute approximate surface area is 98.8 Å². The maximum Gasteiger partial charge on any atom is 0.129 e. The Bertz CT molecular complexity index is 357. The average Bonchev–Trinajstić information content (AvgIpc) is 2.23. The van der Waals surface area contributed by atoms with Crippen LogP contribution in [0, 0.1) is 12.3 Å². The Kier molecular flexibility index (Phi) is 5.23. The second-order valence-electron chi connectivity index (χ2n) is 3.27. The first-order valence-electron chi connectivity index (χ1n) is 4.85. The molecule has 0 spiro atoms. The molecule has 0 bridgehead atoms. The van der Waals surface area contributed by atoms with Crippen molar-refractivity contribution in [1.82, 2.24) is 5.32 Å². The van der Waals surface area contributed by atoms with Crippen molar-refractivity contribution in [2.75, 3.05) is 6.54 Å². The summed E-state index contributed by atoms with van der Waals surface area (Å²) in [5.74, 6) is 2.87. The molecule has 80 valence electrons. The fourth-order valence-corrected chi connectivity index (χ4v) is 1.63. The molecule has 2 nitrogen and oxygen atoms in total. The maximum absolute atomic E-state index is 9.30. The number of benzene rings is 1. The zero-order valence-corrected chi connectivity index (χ0v) is 10.0. The van der Waals surface area contributed by atoms with Gasteiger partial charge in [-0.2, -0.15) is 0 Å². The largest absolute Gasteiger partial charge is 0.507 e. The summed E-state index contributed by atoms with van der Waals surface area (Å²) in [6, 6.07) is 5.49. The summed E-state index contributed by atoms with van der Waals surface area (Å²) in [7, 11) is 0. The van der Waals surface area contributed by atoms with E-state index in [0.717, 1.165) is 36.0 Å². The van der Waals surface area contributed by atoms with Gasteiger partial charge in [-0.25, -0.2) is 0 Å². The van der Waals surface area contributed by atoms with Crippen LogP contribution in [0.1, 0.15) is 18.4 Å². The van der Waals surface area contributed by atoms with Crippen molar-refractivity contribution in [3.8, 4) is 18.1 Å². The van der Waals surface area contributed by atoms with Gasteiger partial charge in [0.05, 0.1) is 4.47 Å². The molecule has 0 aliphatic rings. The number of aromatic hydroxyl groups is 1. The van der Waals surface area contributed by atoms with Crippen molar-refractivity contribution < 1.29 is 5.11 Å². The number of unbranched alkanes of at least 4 members (excludes halogenated alkanes) is 1. The van der Waals surface area contributed by atoms with E-state index in [1.807, 2.05) is 12.1 Å². The summed E-state index contributed by atoms with van der Waals surface area (Å²) in [4.78, 5) is 0. The van der Waals surface area contributed by atoms with Crippen molar-refractivity contribution in [3.05, 3.63) is 28.2 Å². The highest BCUT2D eigenvalue weighted by Gasteiger charge is 1.98.